The lowest BCUT2D eigenvalue weighted by Gasteiger charge is -2.36. The number of piperazine rings is 1. The van der Waals surface area contributed by atoms with Gasteiger partial charge in [-0.2, -0.15) is 0 Å². The minimum atomic E-state index is 0.328. The zero-order valence-corrected chi connectivity index (χ0v) is 18.1. The van der Waals surface area contributed by atoms with Crippen LogP contribution >= 0.6 is 23.2 Å². The van der Waals surface area contributed by atoms with Crippen LogP contribution in [0.1, 0.15) is 25.6 Å². The van der Waals surface area contributed by atoms with Crippen molar-refractivity contribution in [3.63, 3.8) is 0 Å². The summed E-state index contributed by atoms with van der Waals surface area (Å²) in [5.74, 6) is 1.28. The van der Waals surface area contributed by atoms with Crippen LogP contribution in [0, 0.1) is 5.92 Å². The summed E-state index contributed by atoms with van der Waals surface area (Å²) in [7, 11) is 0. The van der Waals surface area contributed by atoms with Crippen molar-refractivity contribution in [2.24, 2.45) is 5.92 Å². The van der Waals surface area contributed by atoms with E-state index in [4.69, 9.17) is 33.2 Å². The van der Waals surface area contributed by atoms with Gasteiger partial charge >= 0.3 is 0 Å². The first-order chi connectivity index (χ1) is 14.0. The van der Waals surface area contributed by atoms with Crippen LogP contribution in [0.25, 0.3) is 22.6 Å². The molecule has 2 aromatic heterocycles. The second kappa shape index (κ2) is 8.84. The van der Waals surface area contributed by atoms with E-state index in [1.54, 1.807) is 6.07 Å². The van der Waals surface area contributed by atoms with Crippen molar-refractivity contribution >= 4 is 23.2 Å². The number of imidazole rings is 1. The van der Waals surface area contributed by atoms with E-state index < -0.39 is 0 Å². The van der Waals surface area contributed by atoms with Gasteiger partial charge in [0.15, 0.2) is 0 Å². The number of halogens is 2. The Kier molecular flexibility index (Phi) is 6.20. The predicted molar refractivity (Wildman–Crippen MR) is 119 cm³/mol. The number of benzene rings is 1. The molecule has 3 heterocycles. The molecule has 2 N–H and O–H groups in total. The van der Waals surface area contributed by atoms with Gasteiger partial charge in [0.25, 0.3) is 0 Å². The summed E-state index contributed by atoms with van der Waals surface area (Å²) in [6.45, 7) is 8.70. The molecule has 7 heteroatoms. The van der Waals surface area contributed by atoms with Crippen LogP contribution in [0.5, 0.6) is 0 Å². The van der Waals surface area contributed by atoms with Gasteiger partial charge in [-0.05, 0) is 30.2 Å². The van der Waals surface area contributed by atoms with Gasteiger partial charge in [0, 0.05) is 49.7 Å². The molecule has 1 aliphatic rings. The largest absolute Gasteiger partial charge is 0.344 e. The molecule has 0 spiro atoms. The van der Waals surface area contributed by atoms with Gasteiger partial charge in [-0.1, -0.05) is 43.1 Å². The van der Waals surface area contributed by atoms with Crippen molar-refractivity contribution in [2.75, 3.05) is 26.2 Å². The third-order valence-electron chi connectivity index (χ3n) is 5.33. The molecule has 0 bridgehead atoms. The Labute approximate surface area is 181 Å². The highest BCUT2D eigenvalue weighted by Crippen LogP contribution is 2.30. The van der Waals surface area contributed by atoms with Crippen LogP contribution in [-0.4, -0.2) is 46.0 Å². The lowest BCUT2D eigenvalue weighted by Crippen LogP contribution is -2.46. The number of H-pyrrole nitrogens is 1. The molecule has 1 saturated heterocycles. The third kappa shape index (κ3) is 4.48. The van der Waals surface area contributed by atoms with Crippen LogP contribution in [0.4, 0.5) is 0 Å². The first-order valence-electron chi connectivity index (χ1n) is 9.95. The van der Waals surface area contributed by atoms with Crippen molar-refractivity contribution in [3.8, 4) is 22.6 Å². The summed E-state index contributed by atoms with van der Waals surface area (Å²) in [5.41, 5.74) is 3.82. The van der Waals surface area contributed by atoms with Crippen molar-refractivity contribution in [1.82, 2.24) is 25.2 Å². The fraction of sp³-hybridized carbons (Fsp3) is 0.364. The topological polar surface area (TPSA) is 56.8 Å². The van der Waals surface area contributed by atoms with Gasteiger partial charge in [0.2, 0.25) is 0 Å². The minimum absolute atomic E-state index is 0.328. The molecule has 0 saturated carbocycles. The van der Waals surface area contributed by atoms with Crippen LogP contribution in [0.3, 0.4) is 0 Å². The van der Waals surface area contributed by atoms with Crippen molar-refractivity contribution in [3.05, 3.63) is 58.5 Å². The Balaban J connectivity index is 1.56. The van der Waals surface area contributed by atoms with Crippen LogP contribution in [0.2, 0.25) is 10.0 Å². The Morgan fingerprint density at radius 3 is 2.41 bits per heavy atom. The molecular formula is C22H25Cl2N5. The lowest BCUT2D eigenvalue weighted by atomic mass is 9.97. The van der Waals surface area contributed by atoms with E-state index in [1.807, 2.05) is 24.5 Å². The molecule has 1 aliphatic heterocycles. The van der Waals surface area contributed by atoms with Gasteiger partial charge in [0.1, 0.15) is 5.82 Å². The Bertz CT molecular complexity index is 962. The van der Waals surface area contributed by atoms with Crippen molar-refractivity contribution in [1.29, 1.82) is 0 Å². The Morgan fingerprint density at radius 1 is 1.00 bits per heavy atom. The van der Waals surface area contributed by atoms with E-state index in [0.29, 0.717) is 22.0 Å². The molecule has 1 aromatic carbocycles. The van der Waals surface area contributed by atoms with E-state index >= 15 is 0 Å². The van der Waals surface area contributed by atoms with Gasteiger partial charge < -0.3 is 10.3 Å². The molecule has 152 valence electrons. The summed E-state index contributed by atoms with van der Waals surface area (Å²) in [6, 6.07) is 10.1. The van der Waals surface area contributed by atoms with E-state index in [9.17, 15) is 0 Å². The van der Waals surface area contributed by atoms with Crippen molar-refractivity contribution < 1.29 is 0 Å². The number of rotatable bonds is 5. The molecule has 0 amide bonds. The first kappa shape index (κ1) is 20.4. The Hall–Kier alpha value is -1.92. The van der Waals surface area contributed by atoms with E-state index in [2.05, 4.69) is 41.2 Å². The Morgan fingerprint density at radius 2 is 1.76 bits per heavy atom. The second-order valence-electron chi connectivity index (χ2n) is 7.71. The summed E-state index contributed by atoms with van der Waals surface area (Å²) < 4.78 is 0. The summed E-state index contributed by atoms with van der Waals surface area (Å²) in [5, 5.41) is 4.48. The minimum Gasteiger partial charge on any atom is -0.344 e. The van der Waals surface area contributed by atoms with Crippen LogP contribution in [0.15, 0.2) is 42.7 Å². The van der Waals surface area contributed by atoms with E-state index in [0.717, 1.165) is 54.5 Å². The number of pyridine rings is 1. The molecule has 0 radical (unpaired) electrons. The maximum atomic E-state index is 6.14. The van der Waals surface area contributed by atoms with Crippen molar-refractivity contribution in [2.45, 2.75) is 19.9 Å². The maximum absolute atomic E-state index is 6.14. The highest BCUT2D eigenvalue weighted by molar-refractivity contribution is 6.42. The molecular weight excluding hydrogens is 405 g/mol. The fourth-order valence-corrected chi connectivity index (χ4v) is 4.20. The normalized spacial score (nSPS) is 16.3. The summed E-state index contributed by atoms with van der Waals surface area (Å²) in [6.07, 6.45) is 3.78. The van der Waals surface area contributed by atoms with Gasteiger partial charge in [-0.25, -0.2) is 4.98 Å². The molecule has 5 nitrogen and oxygen atoms in total. The molecule has 1 atom stereocenters. The zero-order chi connectivity index (χ0) is 20.4. The van der Waals surface area contributed by atoms with Gasteiger partial charge in [0.05, 0.1) is 27.5 Å². The molecule has 1 fully saturated rings. The number of aromatic amines is 1. The number of hydrogen-bond acceptors (Lipinski definition) is 4. The number of nitrogens with zero attached hydrogens (tertiary/aromatic N) is 3. The van der Waals surface area contributed by atoms with Crippen LogP contribution in [-0.2, 0) is 0 Å². The zero-order valence-electron chi connectivity index (χ0n) is 16.6. The first-order valence-corrected chi connectivity index (χ1v) is 10.7. The molecule has 29 heavy (non-hydrogen) atoms. The fourth-order valence-electron chi connectivity index (χ4n) is 3.90. The van der Waals surface area contributed by atoms with Crippen LogP contribution < -0.4 is 5.32 Å². The molecule has 0 aliphatic carbocycles. The van der Waals surface area contributed by atoms with Gasteiger partial charge in [-0.15, -0.1) is 0 Å². The highest BCUT2D eigenvalue weighted by atomic mass is 35.5. The maximum Gasteiger partial charge on any atom is 0.139 e. The highest BCUT2D eigenvalue weighted by Gasteiger charge is 2.26. The molecule has 3 aromatic rings. The summed E-state index contributed by atoms with van der Waals surface area (Å²) in [4.78, 5) is 15.3. The monoisotopic (exact) mass is 429 g/mol. The average Bonchev–Trinajstić information content (AvgIpc) is 3.21. The average molecular weight is 430 g/mol. The molecule has 4 rings (SSSR count). The van der Waals surface area contributed by atoms with Gasteiger partial charge in [-0.3, -0.25) is 9.88 Å². The SMILES string of the molecule is CC(C)C(c1ccc(-c2nc(-c3ccc(Cl)c(Cl)c3)c[nH]2)cn1)N1CCNCC1. The number of hydrogen-bond donors (Lipinski definition) is 2. The lowest BCUT2D eigenvalue weighted by molar-refractivity contribution is 0.134. The third-order valence-corrected chi connectivity index (χ3v) is 6.07. The van der Waals surface area contributed by atoms with E-state index in [-0.39, 0.29) is 0 Å². The number of nitrogens with one attached hydrogen (secondary N) is 2. The standard InChI is InChI=1S/C22H25Cl2N5/c1-14(2)21(29-9-7-25-8-10-29)19-6-4-16(12-26-19)22-27-13-20(28-22)15-3-5-17(23)18(24)11-15/h3-6,11-14,21,25H,7-10H2,1-2H3,(H,27,28). The summed E-state index contributed by atoms with van der Waals surface area (Å²) >= 11 is 12.1. The predicted octanol–water partition coefficient (Wildman–Crippen LogP) is 5.05. The number of aromatic nitrogens is 3. The van der Waals surface area contributed by atoms with E-state index in [1.165, 1.54) is 0 Å². The second-order valence-corrected chi connectivity index (χ2v) is 8.52. The molecule has 1 unspecified atom stereocenters. The quantitative estimate of drug-likeness (QED) is 0.595. The smallest absolute Gasteiger partial charge is 0.139 e.